The molecule has 0 aromatic carbocycles. The molecule has 0 aliphatic heterocycles. The van der Waals surface area contributed by atoms with E-state index < -0.39 is 54.8 Å². The normalized spacial score (nSPS) is 15.1. The molecule has 1 aromatic heterocycles. The Bertz CT molecular complexity index is 899. The van der Waals surface area contributed by atoms with Crippen LogP contribution in [0.2, 0.25) is 0 Å². The summed E-state index contributed by atoms with van der Waals surface area (Å²) in [5.41, 5.74) is 0. The Morgan fingerprint density at radius 1 is 0.719 bits per heavy atom. The molecule has 0 unspecified atom stereocenters. The lowest BCUT2D eigenvalue weighted by atomic mass is 9.92. The minimum atomic E-state index is -7.92. The second kappa shape index (κ2) is 8.46. The first-order valence-corrected chi connectivity index (χ1v) is 9.39. The number of rotatable bonds is 8. The molecule has 0 spiro atoms. The molecule has 1 aromatic rings. The number of nitrogens with zero attached hydrogens (tertiary/aromatic N) is 2. The number of hydrogen-bond donors (Lipinski definition) is 2. The SMILES string of the molecule is CC(C)n1c(S)c(S)n(CCC(F)(F)C(F)(F)C(F)(F)C(F)(F)C(F)(F)C(F)(F)F)c1=S. The Labute approximate surface area is 187 Å². The molecule has 2 nitrogen and oxygen atoms in total. The van der Waals surface area contributed by atoms with E-state index in [1.165, 1.54) is 18.4 Å². The fraction of sp³-hybridized carbons (Fsp3) is 0.786. The number of imidazole rings is 1. The molecule has 1 rings (SSSR count). The summed E-state index contributed by atoms with van der Waals surface area (Å²) in [7, 11) is 0. The van der Waals surface area contributed by atoms with Gasteiger partial charge >= 0.3 is 35.8 Å². The van der Waals surface area contributed by atoms with Crippen LogP contribution in [0.5, 0.6) is 0 Å². The third-order valence-electron chi connectivity index (χ3n) is 4.29. The number of halogens is 13. The van der Waals surface area contributed by atoms with Crippen LogP contribution in [0.15, 0.2) is 10.1 Å². The van der Waals surface area contributed by atoms with Gasteiger partial charge in [0.2, 0.25) is 0 Å². The van der Waals surface area contributed by atoms with Crippen molar-refractivity contribution < 1.29 is 57.1 Å². The Hall–Kier alpha value is -0.780. The third-order valence-corrected chi connectivity index (χ3v) is 5.76. The van der Waals surface area contributed by atoms with Crippen LogP contribution in [0.1, 0.15) is 26.3 Å². The van der Waals surface area contributed by atoms with Gasteiger partial charge in [-0.05, 0) is 26.1 Å². The summed E-state index contributed by atoms with van der Waals surface area (Å²) >= 11 is 12.7. The van der Waals surface area contributed by atoms with Crippen molar-refractivity contribution in [1.82, 2.24) is 9.13 Å². The molecule has 0 fully saturated rings. The van der Waals surface area contributed by atoms with E-state index >= 15 is 0 Å². The van der Waals surface area contributed by atoms with Crippen LogP contribution in [0.3, 0.4) is 0 Å². The summed E-state index contributed by atoms with van der Waals surface area (Å²) < 4.78 is 172. The van der Waals surface area contributed by atoms with Gasteiger partial charge in [-0.2, -0.15) is 57.1 Å². The molecular weight excluding hydrogens is 539 g/mol. The molecular formula is C14H13F13N2S3. The highest BCUT2D eigenvalue weighted by molar-refractivity contribution is 7.83. The highest BCUT2D eigenvalue weighted by Gasteiger charge is 2.90. The van der Waals surface area contributed by atoms with Crippen molar-refractivity contribution in [3.05, 3.63) is 4.77 Å². The summed E-state index contributed by atoms with van der Waals surface area (Å²) in [6.07, 6.45) is -9.84. The van der Waals surface area contributed by atoms with E-state index in [9.17, 15) is 57.1 Å². The maximum atomic E-state index is 13.9. The number of aromatic nitrogens is 2. The second-order valence-electron chi connectivity index (χ2n) is 6.79. The van der Waals surface area contributed by atoms with E-state index in [2.05, 4.69) is 25.3 Å². The van der Waals surface area contributed by atoms with Gasteiger partial charge in [-0.3, -0.25) is 0 Å². The van der Waals surface area contributed by atoms with Gasteiger partial charge in [0.25, 0.3) is 0 Å². The van der Waals surface area contributed by atoms with Gasteiger partial charge in [-0.25, -0.2) is 0 Å². The third kappa shape index (κ3) is 4.22. The minimum absolute atomic E-state index is 0.0647. The Morgan fingerprint density at radius 2 is 1.12 bits per heavy atom. The number of thiol groups is 2. The van der Waals surface area contributed by atoms with Gasteiger partial charge < -0.3 is 9.13 Å². The van der Waals surface area contributed by atoms with Crippen molar-refractivity contribution in [2.45, 2.75) is 78.7 Å². The zero-order valence-electron chi connectivity index (χ0n) is 15.6. The average molecular weight is 552 g/mol. The molecule has 0 saturated carbocycles. The van der Waals surface area contributed by atoms with Crippen molar-refractivity contribution in [3.63, 3.8) is 0 Å². The molecule has 32 heavy (non-hydrogen) atoms. The van der Waals surface area contributed by atoms with E-state index in [0.717, 1.165) is 0 Å². The van der Waals surface area contributed by atoms with Crippen LogP contribution in [0.4, 0.5) is 57.1 Å². The Morgan fingerprint density at radius 3 is 1.47 bits per heavy atom. The van der Waals surface area contributed by atoms with Gasteiger partial charge in [0.15, 0.2) is 4.77 Å². The highest BCUT2D eigenvalue weighted by atomic mass is 32.1. The van der Waals surface area contributed by atoms with Crippen molar-refractivity contribution >= 4 is 37.5 Å². The molecule has 0 N–H and O–H groups in total. The molecule has 0 bridgehead atoms. The molecule has 0 radical (unpaired) electrons. The monoisotopic (exact) mass is 552 g/mol. The van der Waals surface area contributed by atoms with Crippen LogP contribution in [-0.4, -0.2) is 44.9 Å². The Balaban J connectivity index is 3.40. The van der Waals surface area contributed by atoms with Crippen molar-refractivity contribution in [3.8, 4) is 0 Å². The molecule has 188 valence electrons. The largest absolute Gasteiger partial charge is 0.460 e. The quantitative estimate of drug-likeness (QED) is 0.196. The lowest BCUT2D eigenvalue weighted by Crippen LogP contribution is -2.70. The smallest absolute Gasteiger partial charge is 0.311 e. The highest BCUT2D eigenvalue weighted by Crippen LogP contribution is 2.60. The number of hydrogen-bond acceptors (Lipinski definition) is 3. The topological polar surface area (TPSA) is 9.86 Å². The van der Waals surface area contributed by atoms with Gasteiger partial charge in [-0.1, -0.05) is 0 Å². The summed E-state index contributed by atoms with van der Waals surface area (Å²) in [6, 6.07) is -0.475. The molecule has 0 amide bonds. The average Bonchev–Trinajstić information content (AvgIpc) is 2.80. The van der Waals surface area contributed by atoms with Crippen LogP contribution in [0, 0.1) is 4.77 Å². The Kier molecular flexibility index (Phi) is 7.74. The lowest BCUT2D eigenvalue weighted by molar-refractivity contribution is -0.440. The lowest BCUT2D eigenvalue weighted by Gasteiger charge is -2.39. The zero-order valence-corrected chi connectivity index (χ0v) is 18.2. The summed E-state index contributed by atoms with van der Waals surface area (Å²) in [4.78, 5) is 0. The predicted octanol–water partition coefficient (Wildman–Crippen LogP) is 7.31. The van der Waals surface area contributed by atoms with Crippen LogP contribution in [0.25, 0.3) is 0 Å². The van der Waals surface area contributed by atoms with Gasteiger partial charge in [-0.15, -0.1) is 25.3 Å². The zero-order chi connectivity index (χ0) is 25.9. The summed E-state index contributed by atoms with van der Waals surface area (Å²) in [5.74, 6) is -37.0. The molecule has 0 aliphatic carbocycles. The van der Waals surface area contributed by atoms with Crippen LogP contribution in [-0.2, 0) is 6.54 Å². The molecule has 18 heteroatoms. The van der Waals surface area contributed by atoms with Crippen molar-refractivity contribution in [2.24, 2.45) is 0 Å². The first-order valence-electron chi connectivity index (χ1n) is 8.09. The molecule has 0 aliphatic rings. The first kappa shape index (κ1) is 29.3. The van der Waals surface area contributed by atoms with Crippen molar-refractivity contribution in [2.75, 3.05) is 0 Å². The van der Waals surface area contributed by atoms with Crippen molar-refractivity contribution in [1.29, 1.82) is 0 Å². The van der Waals surface area contributed by atoms with Crippen LogP contribution >= 0.6 is 37.5 Å². The summed E-state index contributed by atoms with van der Waals surface area (Å²) in [6.45, 7) is 1.68. The maximum Gasteiger partial charge on any atom is 0.460 e. The molecule has 1 heterocycles. The predicted molar refractivity (Wildman–Crippen MR) is 93.6 cm³/mol. The fourth-order valence-electron chi connectivity index (χ4n) is 2.42. The minimum Gasteiger partial charge on any atom is -0.311 e. The second-order valence-corrected chi connectivity index (χ2v) is 8.01. The van der Waals surface area contributed by atoms with Gasteiger partial charge in [0.1, 0.15) is 10.1 Å². The maximum absolute atomic E-state index is 13.9. The fourth-order valence-corrected chi connectivity index (χ4v) is 3.79. The van der Waals surface area contributed by atoms with E-state index in [1.54, 1.807) is 0 Å². The van der Waals surface area contributed by atoms with Crippen LogP contribution < -0.4 is 0 Å². The van der Waals surface area contributed by atoms with E-state index in [0.29, 0.717) is 4.57 Å². The van der Waals surface area contributed by atoms with E-state index in [4.69, 9.17) is 12.2 Å². The number of alkyl halides is 13. The summed E-state index contributed by atoms with van der Waals surface area (Å²) in [5, 5.41) is -0.378. The molecule has 0 atom stereocenters. The molecule has 0 saturated heterocycles. The van der Waals surface area contributed by atoms with E-state index in [1.807, 2.05) is 0 Å². The first-order chi connectivity index (χ1) is 13.9. The van der Waals surface area contributed by atoms with Gasteiger partial charge in [0.05, 0.1) is 0 Å². The van der Waals surface area contributed by atoms with E-state index in [-0.39, 0.29) is 14.8 Å². The van der Waals surface area contributed by atoms with Gasteiger partial charge in [0, 0.05) is 19.0 Å². The standard InChI is InChI=1S/C14H13F13N2S3/c1-5(2)29-7(31)6(30)28(8(29)32)4-3-9(15,16)10(17,18)11(19,20)12(21,22)13(23,24)14(25,26)27/h5,30-31H,3-4H2,1-2H3.